The maximum atomic E-state index is 13.7. The molecule has 0 spiro atoms. The molecule has 3 N–H and O–H groups in total. The summed E-state index contributed by atoms with van der Waals surface area (Å²) in [6.45, 7) is 4.56. The highest BCUT2D eigenvalue weighted by atomic mass is 16.5. The number of hydrogen-bond donors (Lipinski definition) is 2. The number of hydrogen-bond acceptors (Lipinski definition) is 6. The molecule has 8 nitrogen and oxygen atoms in total. The van der Waals surface area contributed by atoms with Gasteiger partial charge in [0.1, 0.15) is 6.04 Å². The fraction of sp³-hybridized carbons (Fsp3) is 0.464. The summed E-state index contributed by atoms with van der Waals surface area (Å²) in [5.74, 6) is -0.956. The Balaban J connectivity index is 1.51. The summed E-state index contributed by atoms with van der Waals surface area (Å²) in [4.78, 5) is 41.1. The van der Waals surface area contributed by atoms with Crippen LogP contribution < -0.4 is 11.1 Å². The van der Waals surface area contributed by atoms with Crippen molar-refractivity contribution in [3.05, 3.63) is 71.8 Å². The number of carbonyl (C=O) groups is 3. The van der Waals surface area contributed by atoms with Crippen molar-refractivity contribution in [3.63, 3.8) is 0 Å². The number of benzene rings is 2. The van der Waals surface area contributed by atoms with E-state index in [4.69, 9.17) is 15.2 Å². The molecule has 2 aromatic rings. The smallest absolute Gasteiger partial charge is 0.314 e. The maximum Gasteiger partial charge on any atom is 0.314 e. The van der Waals surface area contributed by atoms with Gasteiger partial charge in [0.2, 0.25) is 11.8 Å². The topological polar surface area (TPSA) is 111 Å². The van der Waals surface area contributed by atoms with E-state index in [9.17, 15) is 14.4 Å². The molecule has 0 bridgehead atoms. The average molecular weight is 494 g/mol. The Hall–Kier alpha value is -3.23. The number of nitrogens with zero attached hydrogens (tertiary/aromatic N) is 1. The Morgan fingerprint density at radius 1 is 1.14 bits per heavy atom. The molecule has 3 atom stereocenters. The van der Waals surface area contributed by atoms with Gasteiger partial charge in [-0.05, 0) is 37.8 Å². The molecule has 4 rings (SSSR count). The van der Waals surface area contributed by atoms with Gasteiger partial charge < -0.3 is 25.4 Å². The lowest BCUT2D eigenvalue weighted by Crippen LogP contribution is -2.61. The molecular weight excluding hydrogens is 458 g/mol. The first-order chi connectivity index (χ1) is 17.2. The second-order valence-corrected chi connectivity index (χ2v) is 10.4. The molecule has 2 saturated heterocycles. The molecule has 0 saturated carbocycles. The molecule has 2 aromatic carbocycles. The van der Waals surface area contributed by atoms with E-state index in [0.717, 1.165) is 11.1 Å². The molecule has 0 radical (unpaired) electrons. The van der Waals surface area contributed by atoms with Crippen LogP contribution in [0, 0.1) is 11.3 Å². The van der Waals surface area contributed by atoms with Gasteiger partial charge in [-0.2, -0.15) is 0 Å². The summed E-state index contributed by atoms with van der Waals surface area (Å²) in [7, 11) is 0. The predicted molar refractivity (Wildman–Crippen MR) is 135 cm³/mol. The lowest BCUT2D eigenvalue weighted by atomic mass is 9.69. The summed E-state index contributed by atoms with van der Waals surface area (Å²) in [6, 6.07) is 18.5. The summed E-state index contributed by atoms with van der Waals surface area (Å²) < 4.78 is 11.3. The largest absolute Gasteiger partial charge is 0.465 e. The van der Waals surface area contributed by atoms with Crippen molar-refractivity contribution in [1.82, 2.24) is 10.2 Å². The molecule has 2 aliphatic heterocycles. The minimum Gasteiger partial charge on any atom is -0.465 e. The van der Waals surface area contributed by atoms with Gasteiger partial charge >= 0.3 is 5.97 Å². The van der Waals surface area contributed by atoms with Crippen LogP contribution in [0.4, 0.5) is 0 Å². The number of fused-ring (bicyclic) bond motifs is 1. The van der Waals surface area contributed by atoms with Crippen LogP contribution in [0.2, 0.25) is 0 Å². The molecule has 2 aliphatic rings. The van der Waals surface area contributed by atoms with E-state index in [0.29, 0.717) is 32.6 Å². The van der Waals surface area contributed by atoms with Gasteiger partial charge in [0.05, 0.1) is 30.8 Å². The fourth-order valence-electron chi connectivity index (χ4n) is 4.96. The lowest BCUT2D eigenvalue weighted by Gasteiger charge is -2.42. The molecule has 2 heterocycles. The predicted octanol–water partition coefficient (Wildman–Crippen LogP) is 2.06. The normalized spacial score (nSPS) is 22.5. The average Bonchev–Trinajstić information content (AvgIpc) is 3.18. The van der Waals surface area contributed by atoms with Gasteiger partial charge in [0, 0.05) is 19.0 Å². The van der Waals surface area contributed by atoms with Gasteiger partial charge in [-0.3, -0.25) is 14.4 Å². The Labute approximate surface area is 212 Å². The third kappa shape index (κ3) is 5.77. The van der Waals surface area contributed by atoms with Crippen LogP contribution in [0.15, 0.2) is 60.7 Å². The molecule has 0 aromatic heterocycles. The van der Waals surface area contributed by atoms with E-state index >= 15 is 0 Å². The van der Waals surface area contributed by atoms with Crippen LogP contribution in [0.25, 0.3) is 0 Å². The number of amides is 2. The van der Waals surface area contributed by atoms with E-state index in [1.54, 1.807) is 18.7 Å². The highest BCUT2D eigenvalue weighted by Gasteiger charge is 2.56. The van der Waals surface area contributed by atoms with Crippen LogP contribution in [-0.4, -0.2) is 60.6 Å². The van der Waals surface area contributed by atoms with Crippen LogP contribution in [-0.2, 0) is 36.9 Å². The first-order valence-electron chi connectivity index (χ1n) is 12.4. The van der Waals surface area contributed by atoms with E-state index < -0.39 is 22.9 Å². The van der Waals surface area contributed by atoms with E-state index in [1.165, 1.54) is 0 Å². The first-order valence-corrected chi connectivity index (χ1v) is 12.4. The Morgan fingerprint density at radius 2 is 1.78 bits per heavy atom. The standard InChI is InChI=1S/C28H35N3O5/c1-27(2,29)25(33)30-23(18-35-16-21-11-7-4-8-12-21)24(32)31-14-13-22-17-36-26(34)28(22,19-31)15-20-9-5-3-6-10-20/h3-12,22-23H,13-19,29H2,1-2H3,(H,30,33)/t22?,23-,28-/m1/s1. The second-order valence-electron chi connectivity index (χ2n) is 10.4. The first kappa shape index (κ1) is 25.9. The number of ether oxygens (including phenoxy) is 2. The van der Waals surface area contributed by atoms with Gasteiger partial charge in [-0.25, -0.2) is 0 Å². The molecule has 8 heteroatoms. The minimum atomic E-state index is -1.16. The van der Waals surface area contributed by atoms with Crippen molar-refractivity contribution in [2.24, 2.45) is 17.1 Å². The maximum absolute atomic E-state index is 13.7. The van der Waals surface area contributed by atoms with Crippen LogP contribution in [0.5, 0.6) is 0 Å². The van der Waals surface area contributed by atoms with Crippen LogP contribution in [0.1, 0.15) is 31.4 Å². The number of nitrogens with one attached hydrogen (secondary N) is 1. The Bertz CT molecular complexity index is 1070. The third-order valence-corrected chi connectivity index (χ3v) is 7.08. The number of likely N-dealkylation sites (tertiary alicyclic amines) is 1. The van der Waals surface area contributed by atoms with Crippen molar-refractivity contribution in [2.45, 2.75) is 44.9 Å². The SMILES string of the molecule is CC(C)(N)C(=O)N[C@H](COCc1ccccc1)C(=O)N1CCC2COC(=O)[C@]2(Cc2ccccc2)C1. The molecule has 2 fully saturated rings. The zero-order chi connectivity index (χ0) is 25.8. The quantitative estimate of drug-likeness (QED) is 0.518. The summed E-state index contributed by atoms with van der Waals surface area (Å²) in [5.41, 5.74) is 6.01. The number of carbonyl (C=O) groups excluding carboxylic acids is 3. The summed E-state index contributed by atoms with van der Waals surface area (Å²) in [6.07, 6.45) is 1.15. The molecule has 36 heavy (non-hydrogen) atoms. The molecular formula is C28H35N3O5. The van der Waals surface area contributed by atoms with Gasteiger partial charge in [0.15, 0.2) is 0 Å². The Morgan fingerprint density at radius 3 is 2.42 bits per heavy atom. The second kappa shape index (κ2) is 10.8. The highest BCUT2D eigenvalue weighted by molar-refractivity contribution is 5.92. The van der Waals surface area contributed by atoms with Gasteiger partial charge in [-0.15, -0.1) is 0 Å². The molecule has 0 aliphatic carbocycles. The van der Waals surface area contributed by atoms with E-state index in [2.05, 4.69) is 5.32 Å². The van der Waals surface area contributed by atoms with E-state index in [-0.39, 0.29) is 30.9 Å². The molecule has 1 unspecified atom stereocenters. The lowest BCUT2D eigenvalue weighted by molar-refractivity contribution is -0.152. The third-order valence-electron chi connectivity index (χ3n) is 7.08. The number of nitrogens with two attached hydrogens (primary N) is 1. The zero-order valence-electron chi connectivity index (χ0n) is 20.9. The van der Waals surface area contributed by atoms with Crippen molar-refractivity contribution in [1.29, 1.82) is 0 Å². The molecule has 192 valence electrons. The Kier molecular flexibility index (Phi) is 7.76. The van der Waals surface area contributed by atoms with Crippen molar-refractivity contribution in [3.8, 4) is 0 Å². The van der Waals surface area contributed by atoms with Crippen molar-refractivity contribution < 1.29 is 23.9 Å². The van der Waals surface area contributed by atoms with Crippen molar-refractivity contribution in [2.75, 3.05) is 26.3 Å². The van der Waals surface area contributed by atoms with Gasteiger partial charge in [-0.1, -0.05) is 60.7 Å². The number of esters is 1. The van der Waals surface area contributed by atoms with Crippen LogP contribution in [0.3, 0.4) is 0 Å². The van der Waals surface area contributed by atoms with E-state index in [1.807, 2.05) is 60.7 Å². The van der Waals surface area contributed by atoms with Crippen molar-refractivity contribution >= 4 is 17.8 Å². The van der Waals surface area contributed by atoms with Crippen LogP contribution >= 0.6 is 0 Å². The zero-order valence-corrected chi connectivity index (χ0v) is 20.9. The number of rotatable bonds is 9. The minimum absolute atomic E-state index is 0.00833. The fourth-order valence-corrected chi connectivity index (χ4v) is 4.96. The molecule has 2 amide bonds. The summed E-state index contributed by atoms with van der Waals surface area (Å²) >= 11 is 0. The monoisotopic (exact) mass is 493 g/mol. The highest BCUT2D eigenvalue weighted by Crippen LogP contribution is 2.44. The van der Waals surface area contributed by atoms with Gasteiger partial charge in [0.25, 0.3) is 0 Å². The number of piperidine rings is 1. The summed E-state index contributed by atoms with van der Waals surface area (Å²) in [5, 5.41) is 2.78. The number of cyclic esters (lactones) is 1.